The van der Waals surface area contributed by atoms with Crippen LogP contribution in [0.15, 0.2) is 28.7 Å². The zero-order valence-electron chi connectivity index (χ0n) is 10.6. The maximum absolute atomic E-state index is 10.9. The van der Waals surface area contributed by atoms with Crippen molar-refractivity contribution in [3.63, 3.8) is 0 Å². The van der Waals surface area contributed by atoms with Gasteiger partial charge in [-0.2, -0.15) is 4.98 Å². The van der Waals surface area contributed by atoms with Crippen molar-refractivity contribution >= 4 is 50.6 Å². The van der Waals surface area contributed by atoms with Crippen molar-refractivity contribution < 1.29 is 9.66 Å². The molecule has 1 aromatic heterocycles. The number of anilines is 1. The Bertz CT molecular complexity index is 712. The van der Waals surface area contributed by atoms with E-state index < -0.39 is 4.92 Å². The van der Waals surface area contributed by atoms with Gasteiger partial charge in [0.1, 0.15) is 11.6 Å². The van der Waals surface area contributed by atoms with Gasteiger partial charge in [-0.15, -0.1) is 0 Å². The summed E-state index contributed by atoms with van der Waals surface area (Å²) in [4.78, 5) is 14.4. The van der Waals surface area contributed by atoms with Crippen LogP contribution in [0.3, 0.4) is 0 Å². The minimum atomic E-state index is -0.536. The molecule has 6 nitrogen and oxygen atoms in total. The van der Waals surface area contributed by atoms with Gasteiger partial charge in [0.05, 0.1) is 27.1 Å². The van der Waals surface area contributed by atoms with Crippen molar-refractivity contribution in [3.05, 3.63) is 48.9 Å². The highest BCUT2D eigenvalue weighted by molar-refractivity contribution is 9.10. The number of hydrogen-bond donors (Lipinski definition) is 1. The molecule has 0 aliphatic carbocycles. The van der Waals surface area contributed by atoms with Gasteiger partial charge in [-0.3, -0.25) is 10.1 Å². The molecular formula is C12H8BrCl2N3O3. The number of hydrogen-bond acceptors (Lipinski definition) is 5. The Morgan fingerprint density at radius 2 is 2.00 bits per heavy atom. The second kappa shape index (κ2) is 6.46. The molecule has 0 fully saturated rings. The summed E-state index contributed by atoms with van der Waals surface area (Å²) < 4.78 is 6.10. The molecule has 0 unspecified atom stereocenters. The highest BCUT2D eigenvalue weighted by atomic mass is 79.9. The second-order valence-electron chi connectivity index (χ2n) is 3.85. The zero-order chi connectivity index (χ0) is 15.6. The minimum absolute atomic E-state index is 0.0360. The van der Waals surface area contributed by atoms with E-state index in [1.165, 1.54) is 18.2 Å². The number of nitrogens with zero attached hydrogens (tertiary/aromatic N) is 2. The largest absolute Gasteiger partial charge is 0.437 e. The van der Waals surface area contributed by atoms with E-state index >= 15 is 0 Å². The molecule has 0 bridgehead atoms. The van der Waals surface area contributed by atoms with E-state index in [0.717, 1.165) is 0 Å². The lowest BCUT2D eigenvalue weighted by Crippen LogP contribution is -1.98. The summed E-state index contributed by atoms with van der Waals surface area (Å²) in [5, 5.41) is 14.3. The maximum Gasteiger partial charge on any atom is 0.278 e. The van der Waals surface area contributed by atoms with Gasteiger partial charge in [0.2, 0.25) is 5.88 Å². The molecule has 9 heteroatoms. The van der Waals surface area contributed by atoms with Crippen LogP contribution in [0.4, 0.5) is 11.5 Å². The summed E-state index contributed by atoms with van der Waals surface area (Å²) in [7, 11) is 1.60. The van der Waals surface area contributed by atoms with E-state index in [-0.39, 0.29) is 17.3 Å². The predicted molar refractivity (Wildman–Crippen MR) is 84.7 cm³/mol. The Morgan fingerprint density at radius 3 is 2.62 bits per heavy atom. The molecule has 0 aliphatic rings. The average Bonchev–Trinajstić information content (AvgIpc) is 2.44. The molecule has 0 atom stereocenters. The molecule has 0 radical (unpaired) electrons. The van der Waals surface area contributed by atoms with Gasteiger partial charge in [-0.05, 0) is 22.0 Å². The number of rotatable bonds is 4. The number of nitrogens with one attached hydrogen (secondary N) is 1. The first-order chi connectivity index (χ1) is 9.90. The van der Waals surface area contributed by atoms with Crippen molar-refractivity contribution in [1.82, 2.24) is 4.98 Å². The number of benzene rings is 1. The molecular weight excluding hydrogens is 385 g/mol. The summed E-state index contributed by atoms with van der Waals surface area (Å²) in [6, 6.07) is 5.55. The number of halogens is 3. The monoisotopic (exact) mass is 391 g/mol. The summed E-state index contributed by atoms with van der Waals surface area (Å²) in [6.07, 6.45) is 0. The van der Waals surface area contributed by atoms with E-state index in [0.29, 0.717) is 20.3 Å². The van der Waals surface area contributed by atoms with Gasteiger partial charge in [-0.1, -0.05) is 23.2 Å². The predicted octanol–water partition coefficient (Wildman–Crippen LogP) is 4.89. The fourth-order valence-corrected chi connectivity index (χ4v) is 2.30. The van der Waals surface area contributed by atoms with Gasteiger partial charge >= 0.3 is 0 Å². The van der Waals surface area contributed by atoms with Crippen LogP contribution in [0.25, 0.3) is 0 Å². The average molecular weight is 393 g/mol. The van der Waals surface area contributed by atoms with Crippen LogP contribution in [0.1, 0.15) is 0 Å². The Labute approximate surface area is 138 Å². The Balaban J connectivity index is 2.41. The zero-order valence-corrected chi connectivity index (χ0v) is 13.7. The molecule has 0 saturated heterocycles. The van der Waals surface area contributed by atoms with Crippen molar-refractivity contribution in [1.29, 1.82) is 0 Å². The lowest BCUT2D eigenvalue weighted by molar-refractivity contribution is -0.384. The molecule has 0 spiro atoms. The van der Waals surface area contributed by atoms with E-state index in [1.807, 2.05) is 0 Å². The molecule has 2 aromatic rings. The third-order valence-corrected chi connectivity index (χ3v) is 3.94. The Morgan fingerprint density at radius 1 is 1.29 bits per heavy atom. The molecule has 1 heterocycles. The minimum Gasteiger partial charge on any atom is -0.437 e. The Kier molecular flexibility index (Phi) is 4.87. The first-order valence-corrected chi connectivity index (χ1v) is 7.12. The van der Waals surface area contributed by atoms with Crippen LogP contribution in [0.5, 0.6) is 11.6 Å². The molecule has 0 saturated carbocycles. The van der Waals surface area contributed by atoms with Crippen molar-refractivity contribution in [2.45, 2.75) is 0 Å². The third kappa shape index (κ3) is 3.75. The standard InChI is InChI=1S/C12H8BrCl2N3O3/c1-16-11-2-6(18(19)20)3-12(17-11)21-10-5-8(14)7(13)4-9(10)15/h2-5H,1H3,(H,16,17). The quantitative estimate of drug-likeness (QED) is 0.455. The first-order valence-electron chi connectivity index (χ1n) is 5.57. The SMILES string of the molecule is CNc1cc([N+](=O)[O-])cc(Oc2cc(Cl)c(Br)cc2Cl)n1. The molecule has 2 rings (SSSR count). The highest BCUT2D eigenvalue weighted by Crippen LogP contribution is 2.37. The normalized spacial score (nSPS) is 10.3. The van der Waals surface area contributed by atoms with Crippen molar-refractivity contribution in [3.8, 4) is 11.6 Å². The van der Waals surface area contributed by atoms with Crippen LogP contribution in [0.2, 0.25) is 10.0 Å². The Hall–Kier alpha value is -1.57. The molecule has 110 valence electrons. The number of aromatic nitrogens is 1. The van der Waals surface area contributed by atoms with Crippen molar-refractivity contribution in [2.75, 3.05) is 12.4 Å². The summed E-state index contributed by atoms with van der Waals surface area (Å²) >= 11 is 15.2. The van der Waals surface area contributed by atoms with Crippen LogP contribution in [0, 0.1) is 10.1 Å². The topological polar surface area (TPSA) is 77.3 Å². The fraction of sp³-hybridized carbons (Fsp3) is 0.0833. The third-order valence-electron chi connectivity index (χ3n) is 2.44. The van der Waals surface area contributed by atoms with Crippen LogP contribution >= 0.6 is 39.1 Å². The highest BCUT2D eigenvalue weighted by Gasteiger charge is 2.14. The van der Waals surface area contributed by atoms with Crippen LogP contribution < -0.4 is 10.1 Å². The van der Waals surface area contributed by atoms with Crippen LogP contribution in [-0.2, 0) is 0 Å². The van der Waals surface area contributed by atoms with E-state index in [1.54, 1.807) is 13.1 Å². The second-order valence-corrected chi connectivity index (χ2v) is 5.52. The van der Waals surface area contributed by atoms with Gasteiger partial charge in [0.25, 0.3) is 5.69 Å². The van der Waals surface area contributed by atoms with E-state index in [4.69, 9.17) is 27.9 Å². The number of ether oxygens (including phenoxy) is 1. The van der Waals surface area contributed by atoms with E-state index in [9.17, 15) is 10.1 Å². The van der Waals surface area contributed by atoms with Crippen molar-refractivity contribution in [2.24, 2.45) is 0 Å². The molecule has 0 amide bonds. The molecule has 0 aliphatic heterocycles. The number of pyridine rings is 1. The van der Waals surface area contributed by atoms with E-state index in [2.05, 4.69) is 26.2 Å². The number of nitro groups is 1. The van der Waals surface area contributed by atoms with Gasteiger partial charge in [0.15, 0.2) is 0 Å². The molecule has 1 N–H and O–H groups in total. The summed E-state index contributed by atoms with van der Waals surface area (Å²) in [5.74, 6) is 0.590. The maximum atomic E-state index is 10.9. The van der Waals surface area contributed by atoms with Gasteiger partial charge < -0.3 is 10.1 Å². The van der Waals surface area contributed by atoms with Gasteiger partial charge in [-0.25, -0.2) is 0 Å². The van der Waals surface area contributed by atoms with Crippen LogP contribution in [-0.4, -0.2) is 17.0 Å². The van der Waals surface area contributed by atoms with Gasteiger partial charge in [0, 0.05) is 17.6 Å². The smallest absolute Gasteiger partial charge is 0.278 e. The molecule has 1 aromatic carbocycles. The summed E-state index contributed by atoms with van der Waals surface area (Å²) in [6.45, 7) is 0. The lowest BCUT2D eigenvalue weighted by Gasteiger charge is -2.09. The summed E-state index contributed by atoms with van der Waals surface area (Å²) in [5.41, 5.74) is -0.149. The molecule has 21 heavy (non-hydrogen) atoms. The first kappa shape index (κ1) is 15.8. The lowest BCUT2D eigenvalue weighted by atomic mass is 10.3. The fourth-order valence-electron chi connectivity index (χ4n) is 1.47.